The summed E-state index contributed by atoms with van der Waals surface area (Å²) in [6, 6.07) is 15.9. The van der Waals surface area contributed by atoms with E-state index in [9.17, 15) is 4.79 Å². The summed E-state index contributed by atoms with van der Waals surface area (Å²) in [6.07, 6.45) is 0. The van der Waals surface area contributed by atoms with Crippen molar-refractivity contribution in [1.29, 1.82) is 0 Å². The van der Waals surface area contributed by atoms with E-state index in [-0.39, 0.29) is 29.9 Å². The predicted molar refractivity (Wildman–Crippen MR) is 131 cm³/mol. The Balaban J connectivity index is 0.00000420. The number of guanidine groups is 1. The molecule has 0 heterocycles. The molecule has 0 saturated carbocycles. The van der Waals surface area contributed by atoms with E-state index in [2.05, 4.69) is 40.0 Å². The van der Waals surface area contributed by atoms with Crippen molar-refractivity contribution in [3.63, 3.8) is 0 Å². The average molecular weight is 509 g/mol. The Bertz CT molecular complexity index is 807. The van der Waals surface area contributed by atoms with Crippen molar-refractivity contribution in [1.82, 2.24) is 20.9 Å². The number of carbonyl (C=O) groups excluding carboxylic acids is 1. The summed E-state index contributed by atoms with van der Waals surface area (Å²) >= 11 is 0. The van der Waals surface area contributed by atoms with Crippen LogP contribution in [0.3, 0.4) is 0 Å². The van der Waals surface area contributed by atoms with Crippen LogP contribution >= 0.6 is 24.0 Å². The highest BCUT2D eigenvalue weighted by atomic mass is 127. The molecule has 2 aromatic rings. The van der Waals surface area contributed by atoms with Gasteiger partial charge in [0.25, 0.3) is 5.91 Å². The largest absolute Gasteiger partial charge is 0.352 e. The lowest BCUT2D eigenvalue weighted by atomic mass is 10.1. The van der Waals surface area contributed by atoms with E-state index in [1.807, 2.05) is 55.4 Å². The molecule has 6 nitrogen and oxygen atoms in total. The first-order valence-electron chi connectivity index (χ1n) is 9.50. The van der Waals surface area contributed by atoms with Crippen LogP contribution in [0.5, 0.6) is 0 Å². The highest BCUT2D eigenvalue weighted by molar-refractivity contribution is 14.0. The van der Waals surface area contributed by atoms with Gasteiger partial charge in [-0.1, -0.05) is 36.4 Å². The summed E-state index contributed by atoms with van der Waals surface area (Å²) in [7, 11) is 5.72. The van der Waals surface area contributed by atoms with Gasteiger partial charge in [0.1, 0.15) is 0 Å². The van der Waals surface area contributed by atoms with Gasteiger partial charge in [0, 0.05) is 38.8 Å². The van der Waals surface area contributed by atoms with Crippen LogP contribution in [0.15, 0.2) is 53.5 Å². The first kappa shape index (κ1) is 24.9. The number of nitrogens with one attached hydrogen (secondary N) is 3. The van der Waals surface area contributed by atoms with Gasteiger partial charge in [0.15, 0.2) is 5.96 Å². The van der Waals surface area contributed by atoms with E-state index in [1.165, 1.54) is 11.1 Å². The van der Waals surface area contributed by atoms with E-state index in [0.29, 0.717) is 25.2 Å². The van der Waals surface area contributed by atoms with Gasteiger partial charge in [-0.3, -0.25) is 9.79 Å². The van der Waals surface area contributed by atoms with Crippen molar-refractivity contribution in [2.24, 2.45) is 4.99 Å². The molecule has 1 amide bonds. The Morgan fingerprint density at radius 3 is 2.41 bits per heavy atom. The maximum absolute atomic E-state index is 12.3. The van der Waals surface area contributed by atoms with Crippen molar-refractivity contribution in [3.05, 3.63) is 70.8 Å². The number of amides is 1. The zero-order chi connectivity index (χ0) is 20.4. The lowest BCUT2D eigenvalue weighted by molar-refractivity contribution is 0.0951. The average Bonchev–Trinajstić information content (AvgIpc) is 2.69. The fraction of sp³-hybridized carbons (Fsp3) is 0.364. The standard InChI is InChI=1S/C22H31N5O.HI/c1-17-8-5-6-10-20(17)16-26-22(23-2)25-15-18-9-7-11-19(14-18)21(28)24-12-13-27(3)4;/h5-11,14H,12-13,15-16H2,1-4H3,(H,24,28)(H2,23,25,26);1H. The van der Waals surface area contributed by atoms with Crippen molar-refractivity contribution < 1.29 is 4.79 Å². The molecule has 0 aliphatic heterocycles. The van der Waals surface area contributed by atoms with Crippen LogP contribution in [0.4, 0.5) is 0 Å². The van der Waals surface area contributed by atoms with Crippen molar-refractivity contribution in [2.45, 2.75) is 20.0 Å². The molecular weight excluding hydrogens is 477 g/mol. The molecule has 0 saturated heterocycles. The molecule has 158 valence electrons. The van der Waals surface area contributed by atoms with E-state index < -0.39 is 0 Å². The van der Waals surface area contributed by atoms with Crippen LogP contribution in [0.2, 0.25) is 0 Å². The second-order valence-corrected chi connectivity index (χ2v) is 6.97. The quantitative estimate of drug-likeness (QED) is 0.291. The molecule has 0 spiro atoms. The first-order chi connectivity index (χ1) is 13.5. The predicted octanol–water partition coefficient (Wildman–Crippen LogP) is 2.77. The number of hydrogen-bond acceptors (Lipinski definition) is 3. The number of rotatable bonds is 8. The van der Waals surface area contributed by atoms with Gasteiger partial charge in [-0.05, 0) is 49.8 Å². The SMILES string of the molecule is CN=C(NCc1cccc(C(=O)NCCN(C)C)c1)NCc1ccccc1C.I. The Morgan fingerprint density at radius 2 is 1.72 bits per heavy atom. The van der Waals surface area contributed by atoms with E-state index in [1.54, 1.807) is 7.05 Å². The Labute approximate surface area is 191 Å². The minimum atomic E-state index is -0.0502. The Hall–Kier alpha value is -2.13. The van der Waals surface area contributed by atoms with Crippen LogP contribution in [0, 0.1) is 6.92 Å². The number of nitrogens with zero attached hydrogens (tertiary/aromatic N) is 2. The minimum absolute atomic E-state index is 0. The smallest absolute Gasteiger partial charge is 0.251 e. The maximum Gasteiger partial charge on any atom is 0.251 e. The topological polar surface area (TPSA) is 68.8 Å². The summed E-state index contributed by atoms with van der Waals surface area (Å²) in [4.78, 5) is 18.6. The van der Waals surface area contributed by atoms with Gasteiger partial charge < -0.3 is 20.9 Å². The van der Waals surface area contributed by atoms with Gasteiger partial charge in [-0.2, -0.15) is 0 Å². The number of carbonyl (C=O) groups is 1. The zero-order valence-corrected chi connectivity index (χ0v) is 20.0. The molecule has 0 fully saturated rings. The monoisotopic (exact) mass is 509 g/mol. The molecule has 0 aliphatic carbocycles. The molecule has 2 rings (SSSR count). The second-order valence-electron chi connectivity index (χ2n) is 6.97. The summed E-state index contributed by atoms with van der Waals surface area (Å²) in [6.45, 7) is 4.84. The Morgan fingerprint density at radius 1 is 1.00 bits per heavy atom. The molecule has 3 N–H and O–H groups in total. The number of likely N-dealkylation sites (N-methyl/N-ethyl adjacent to an activating group) is 1. The van der Waals surface area contributed by atoms with Crippen LogP contribution in [0.1, 0.15) is 27.0 Å². The zero-order valence-electron chi connectivity index (χ0n) is 17.7. The highest BCUT2D eigenvalue weighted by Crippen LogP contribution is 2.07. The first-order valence-corrected chi connectivity index (χ1v) is 9.50. The van der Waals surface area contributed by atoms with Gasteiger partial charge in [0.05, 0.1) is 0 Å². The Kier molecular flexibility index (Phi) is 11.3. The van der Waals surface area contributed by atoms with Crippen LogP contribution < -0.4 is 16.0 Å². The van der Waals surface area contributed by atoms with Gasteiger partial charge in [0.2, 0.25) is 0 Å². The molecule has 0 aliphatic rings. The maximum atomic E-state index is 12.3. The third kappa shape index (κ3) is 8.82. The summed E-state index contributed by atoms with van der Waals surface area (Å²) < 4.78 is 0. The minimum Gasteiger partial charge on any atom is -0.352 e. The number of aliphatic imine (C=N–C) groups is 1. The summed E-state index contributed by atoms with van der Waals surface area (Å²) in [5.41, 5.74) is 4.18. The molecule has 29 heavy (non-hydrogen) atoms. The highest BCUT2D eigenvalue weighted by Gasteiger charge is 2.07. The number of aryl methyl sites for hydroxylation is 1. The van der Waals surface area contributed by atoms with E-state index in [4.69, 9.17) is 0 Å². The molecule has 0 aromatic heterocycles. The fourth-order valence-corrected chi connectivity index (χ4v) is 2.71. The van der Waals surface area contributed by atoms with Gasteiger partial charge >= 0.3 is 0 Å². The third-order valence-corrected chi connectivity index (χ3v) is 4.42. The van der Waals surface area contributed by atoms with E-state index in [0.717, 1.165) is 18.1 Å². The number of halogens is 1. The van der Waals surface area contributed by atoms with Gasteiger partial charge in [-0.25, -0.2) is 0 Å². The molecule has 2 aromatic carbocycles. The normalized spacial score (nSPS) is 11.0. The molecular formula is C22H32IN5O. The van der Waals surface area contributed by atoms with Crippen molar-refractivity contribution in [3.8, 4) is 0 Å². The lowest BCUT2D eigenvalue weighted by Gasteiger charge is -2.14. The summed E-state index contributed by atoms with van der Waals surface area (Å²) in [5, 5.41) is 9.57. The fourth-order valence-electron chi connectivity index (χ4n) is 2.71. The number of hydrogen-bond donors (Lipinski definition) is 3. The molecule has 7 heteroatoms. The lowest BCUT2D eigenvalue weighted by Crippen LogP contribution is -2.36. The van der Waals surface area contributed by atoms with Crippen LogP contribution in [-0.2, 0) is 13.1 Å². The number of benzene rings is 2. The van der Waals surface area contributed by atoms with Crippen molar-refractivity contribution >= 4 is 35.8 Å². The third-order valence-electron chi connectivity index (χ3n) is 4.42. The summed E-state index contributed by atoms with van der Waals surface area (Å²) in [5.74, 6) is 0.676. The van der Waals surface area contributed by atoms with Crippen LogP contribution in [0.25, 0.3) is 0 Å². The molecule has 0 bridgehead atoms. The van der Waals surface area contributed by atoms with Crippen LogP contribution in [-0.4, -0.2) is 51.0 Å². The van der Waals surface area contributed by atoms with Crippen molar-refractivity contribution in [2.75, 3.05) is 34.2 Å². The van der Waals surface area contributed by atoms with E-state index >= 15 is 0 Å². The second kappa shape index (κ2) is 13.2. The van der Waals surface area contributed by atoms with Gasteiger partial charge in [-0.15, -0.1) is 24.0 Å². The molecule has 0 atom stereocenters. The molecule has 0 unspecified atom stereocenters. The molecule has 0 radical (unpaired) electrons.